The third-order valence-electron chi connectivity index (χ3n) is 2.52. The summed E-state index contributed by atoms with van der Waals surface area (Å²) in [5.74, 6) is -0.0529. The van der Waals surface area contributed by atoms with Gasteiger partial charge in [0.05, 0.1) is 0 Å². The maximum Gasteiger partial charge on any atom is 0.242 e. The molecule has 20 heavy (non-hydrogen) atoms. The van der Waals surface area contributed by atoms with E-state index in [-0.39, 0.29) is 17.5 Å². The molecule has 0 aliphatic rings. The van der Waals surface area contributed by atoms with Crippen LogP contribution in [-0.2, 0) is 4.79 Å². The Morgan fingerprint density at radius 3 is 2.45 bits per heavy atom. The average Bonchev–Trinajstić information content (AvgIpc) is 2.29. The summed E-state index contributed by atoms with van der Waals surface area (Å²) in [7, 11) is 0. The summed E-state index contributed by atoms with van der Waals surface area (Å²) in [6, 6.07) is 5.16. The highest BCUT2D eigenvalue weighted by atomic mass is 79.9. The second-order valence-electron chi connectivity index (χ2n) is 5.66. The van der Waals surface area contributed by atoms with Gasteiger partial charge >= 0.3 is 0 Å². The molecule has 1 rings (SSSR count). The molecule has 0 radical (unpaired) electrons. The Kier molecular flexibility index (Phi) is 5.53. The van der Waals surface area contributed by atoms with Crippen LogP contribution in [0.5, 0.6) is 0 Å². The molecule has 1 aromatic carbocycles. The number of carbonyl (C=O) groups is 1. The number of halogens is 1. The van der Waals surface area contributed by atoms with Gasteiger partial charge in [0, 0.05) is 21.3 Å². The number of anilines is 1. The summed E-state index contributed by atoms with van der Waals surface area (Å²) in [5, 5.41) is 6.09. The molecule has 1 aromatic rings. The molecule has 0 heterocycles. The Morgan fingerprint density at radius 2 is 2.00 bits per heavy atom. The summed E-state index contributed by atoms with van der Waals surface area (Å²) >= 11 is 8.37. The van der Waals surface area contributed by atoms with E-state index in [1.54, 1.807) is 0 Å². The minimum Gasteiger partial charge on any atom is -0.389 e. The summed E-state index contributed by atoms with van der Waals surface area (Å²) in [4.78, 5) is 12.4. The Bertz CT molecular complexity index is 526. The van der Waals surface area contributed by atoms with Crippen LogP contribution >= 0.6 is 28.1 Å². The highest BCUT2D eigenvalue weighted by molar-refractivity contribution is 9.10. The second-order valence-corrected chi connectivity index (χ2v) is 6.96. The van der Waals surface area contributed by atoms with E-state index < -0.39 is 0 Å². The predicted molar refractivity (Wildman–Crippen MR) is 91.0 cm³/mol. The Labute approximate surface area is 133 Å². The number of amides is 1. The highest BCUT2D eigenvalue weighted by Crippen LogP contribution is 2.24. The lowest BCUT2D eigenvalue weighted by molar-refractivity contribution is -0.122. The molecule has 0 saturated carbocycles. The van der Waals surface area contributed by atoms with E-state index in [0.717, 1.165) is 15.7 Å². The van der Waals surface area contributed by atoms with Crippen molar-refractivity contribution in [1.29, 1.82) is 0 Å². The van der Waals surface area contributed by atoms with Crippen molar-refractivity contribution in [3.8, 4) is 0 Å². The SMILES string of the molecule is CC(Nc1ccc(C(N)=S)cc1Br)C(=O)NC(C)(C)C. The average molecular weight is 358 g/mol. The normalized spacial score (nSPS) is 12.7. The van der Waals surface area contributed by atoms with Crippen molar-refractivity contribution in [3.63, 3.8) is 0 Å². The number of nitrogens with two attached hydrogens (primary N) is 1. The number of benzene rings is 1. The smallest absolute Gasteiger partial charge is 0.242 e. The van der Waals surface area contributed by atoms with Gasteiger partial charge in [-0.25, -0.2) is 0 Å². The van der Waals surface area contributed by atoms with Crippen LogP contribution in [0.4, 0.5) is 5.69 Å². The fourth-order valence-corrected chi connectivity index (χ4v) is 2.18. The minimum absolute atomic E-state index is 0.0529. The van der Waals surface area contributed by atoms with Crippen LogP contribution in [0, 0.1) is 0 Å². The molecule has 1 atom stereocenters. The molecule has 0 bridgehead atoms. The van der Waals surface area contributed by atoms with Gasteiger partial charge in [-0.05, 0) is 61.8 Å². The maximum atomic E-state index is 12.0. The lowest BCUT2D eigenvalue weighted by Crippen LogP contribution is -2.47. The van der Waals surface area contributed by atoms with Crippen LogP contribution in [0.1, 0.15) is 33.3 Å². The maximum absolute atomic E-state index is 12.0. The molecule has 0 fully saturated rings. The van der Waals surface area contributed by atoms with E-state index >= 15 is 0 Å². The number of carbonyl (C=O) groups excluding carboxylic acids is 1. The molecular formula is C14H20BrN3OS. The van der Waals surface area contributed by atoms with Gasteiger partial charge < -0.3 is 16.4 Å². The molecule has 1 amide bonds. The fraction of sp³-hybridized carbons (Fsp3) is 0.429. The predicted octanol–water partition coefficient (Wildman–Crippen LogP) is 2.80. The monoisotopic (exact) mass is 357 g/mol. The quantitative estimate of drug-likeness (QED) is 0.724. The third-order valence-corrected chi connectivity index (χ3v) is 3.41. The van der Waals surface area contributed by atoms with E-state index in [1.807, 2.05) is 45.9 Å². The molecule has 0 aliphatic carbocycles. The van der Waals surface area contributed by atoms with E-state index in [4.69, 9.17) is 18.0 Å². The van der Waals surface area contributed by atoms with E-state index in [0.29, 0.717) is 4.99 Å². The first kappa shape index (κ1) is 16.9. The number of hydrogen-bond donors (Lipinski definition) is 3. The largest absolute Gasteiger partial charge is 0.389 e. The van der Waals surface area contributed by atoms with E-state index in [2.05, 4.69) is 26.6 Å². The summed E-state index contributed by atoms with van der Waals surface area (Å²) in [5.41, 5.74) is 6.93. The minimum atomic E-state index is -0.346. The molecular weight excluding hydrogens is 338 g/mol. The molecule has 110 valence electrons. The number of nitrogens with one attached hydrogen (secondary N) is 2. The van der Waals surface area contributed by atoms with Crippen molar-refractivity contribution in [3.05, 3.63) is 28.2 Å². The Morgan fingerprint density at radius 1 is 1.40 bits per heavy atom. The lowest BCUT2D eigenvalue weighted by Gasteiger charge is -2.24. The fourth-order valence-electron chi connectivity index (χ4n) is 1.56. The van der Waals surface area contributed by atoms with Crippen molar-refractivity contribution >= 4 is 44.7 Å². The zero-order chi connectivity index (χ0) is 15.5. The van der Waals surface area contributed by atoms with Gasteiger partial charge in [-0.2, -0.15) is 0 Å². The number of thiocarbonyl (C=S) groups is 1. The van der Waals surface area contributed by atoms with Crippen molar-refractivity contribution in [2.75, 3.05) is 5.32 Å². The first-order chi connectivity index (χ1) is 9.10. The van der Waals surface area contributed by atoms with Crippen LogP contribution in [0.2, 0.25) is 0 Å². The topological polar surface area (TPSA) is 67.1 Å². The van der Waals surface area contributed by atoms with Gasteiger partial charge in [-0.15, -0.1) is 0 Å². The standard InChI is InChI=1S/C14H20BrN3OS/c1-8(13(19)18-14(2,3)4)17-11-6-5-9(12(16)20)7-10(11)15/h5-8,17H,1-4H3,(H2,16,20)(H,18,19). The van der Waals surface area contributed by atoms with Gasteiger partial charge in [-0.1, -0.05) is 12.2 Å². The molecule has 0 aliphatic heterocycles. The van der Waals surface area contributed by atoms with Crippen LogP contribution in [0.15, 0.2) is 22.7 Å². The lowest BCUT2D eigenvalue weighted by atomic mass is 10.1. The van der Waals surface area contributed by atoms with Crippen molar-refractivity contribution in [2.45, 2.75) is 39.3 Å². The molecule has 1 unspecified atom stereocenters. The van der Waals surface area contributed by atoms with Crippen molar-refractivity contribution < 1.29 is 4.79 Å². The van der Waals surface area contributed by atoms with Crippen LogP contribution < -0.4 is 16.4 Å². The van der Waals surface area contributed by atoms with Gasteiger partial charge in [0.15, 0.2) is 0 Å². The van der Waals surface area contributed by atoms with Crippen LogP contribution in [0.25, 0.3) is 0 Å². The summed E-state index contributed by atoms with van der Waals surface area (Å²) in [6.07, 6.45) is 0. The third kappa shape index (κ3) is 5.09. The molecule has 0 saturated heterocycles. The Balaban J connectivity index is 2.78. The second kappa shape index (κ2) is 6.54. The molecule has 0 spiro atoms. The van der Waals surface area contributed by atoms with Gasteiger partial charge in [-0.3, -0.25) is 4.79 Å². The molecule has 4 N–H and O–H groups in total. The number of rotatable bonds is 4. The molecule has 6 heteroatoms. The summed E-state index contributed by atoms with van der Waals surface area (Å²) < 4.78 is 0.818. The Hall–Kier alpha value is -1.14. The summed E-state index contributed by atoms with van der Waals surface area (Å²) in [6.45, 7) is 7.66. The zero-order valence-electron chi connectivity index (χ0n) is 12.1. The van der Waals surface area contributed by atoms with Crippen molar-refractivity contribution in [2.24, 2.45) is 5.73 Å². The van der Waals surface area contributed by atoms with Gasteiger partial charge in [0.25, 0.3) is 0 Å². The zero-order valence-corrected chi connectivity index (χ0v) is 14.5. The van der Waals surface area contributed by atoms with Gasteiger partial charge in [0.2, 0.25) is 5.91 Å². The van der Waals surface area contributed by atoms with E-state index in [9.17, 15) is 4.79 Å². The first-order valence-electron chi connectivity index (χ1n) is 6.28. The number of hydrogen-bond acceptors (Lipinski definition) is 3. The van der Waals surface area contributed by atoms with Crippen LogP contribution in [-0.4, -0.2) is 22.5 Å². The molecule has 4 nitrogen and oxygen atoms in total. The van der Waals surface area contributed by atoms with Crippen molar-refractivity contribution in [1.82, 2.24) is 5.32 Å². The van der Waals surface area contributed by atoms with Gasteiger partial charge in [0.1, 0.15) is 11.0 Å². The van der Waals surface area contributed by atoms with Crippen LogP contribution in [0.3, 0.4) is 0 Å². The van der Waals surface area contributed by atoms with E-state index in [1.165, 1.54) is 0 Å². The highest BCUT2D eigenvalue weighted by Gasteiger charge is 2.19. The molecule has 0 aromatic heterocycles. The first-order valence-corrected chi connectivity index (χ1v) is 7.48.